The van der Waals surface area contributed by atoms with Crippen LogP contribution in [0.5, 0.6) is 5.75 Å². The van der Waals surface area contributed by atoms with Crippen LogP contribution in [0.15, 0.2) is 58.1 Å². The molecule has 6 nitrogen and oxygen atoms in total. The first kappa shape index (κ1) is 16.7. The minimum absolute atomic E-state index is 0.400. The van der Waals surface area contributed by atoms with Crippen LogP contribution in [0, 0.1) is 0 Å². The molecule has 0 saturated heterocycles. The maximum absolute atomic E-state index is 11.1. The Kier molecular flexibility index (Phi) is 5.87. The average Bonchev–Trinajstić information content (AvgIpc) is 2.55. The Morgan fingerprint density at radius 3 is 2.65 bits per heavy atom. The number of nitrogens with zero attached hydrogens (tertiary/aromatic N) is 1. The molecule has 0 aromatic heterocycles. The molecule has 0 radical (unpaired) electrons. The maximum atomic E-state index is 11.1. The van der Waals surface area contributed by atoms with Gasteiger partial charge >= 0.3 is 11.8 Å². The van der Waals surface area contributed by atoms with Gasteiger partial charge in [0, 0.05) is 10.0 Å². The van der Waals surface area contributed by atoms with Crippen LogP contribution < -0.4 is 15.9 Å². The van der Waals surface area contributed by atoms with Crippen LogP contribution in [0.4, 0.5) is 0 Å². The van der Waals surface area contributed by atoms with E-state index in [1.807, 2.05) is 41.8 Å². The molecule has 3 N–H and O–H groups in total. The molecular weight excluding hydrogens is 362 g/mol. The first-order chi connectivity index (χ1) is 11.1. The lowest BCUT2D eigenvalue weighted by Gasteiger charge is -2.09. The van der Waals surface area contributed by atoms with Crippen LogP contribution in [0.1, 0.15) is 11.1 Å². The van der Waals surface area contributed by atoms with Crippen molar-refractivity contribution in [2.45, 2.75) is 6.61 Å². The Bertz CT molecular complexity index is 733. The molecule has 2 amide bonds. The van der Waals surface area contributed by atoms with Crippen LogP contribution in [0.3, 0.4) is 0 Å². The Morgan fingerprint density at radius 1 is 1.22 bits per heavy atom. The minimum Gasteiger partial charge on any atom is -0.488 e. The van der Waals surface area contributed by atoms with Gasteiger partial charge in [-0.1, -0.05) is 46.3 Å². The molecule has 2 aromatic carbocycles. The summed E-state index contributed by atoms with van der Waals surface area (Å²) in [5.74, 6) is -1.49. The van der Waals surface area contributed by atoms with Crippen molar-refractivity contribution in [1.29, 1.82) is 0 Å². The number of hydrazone groups is 1. The zero-order valence-electron chi connectivity index (χ0n) is 12.0. The summed E-state index contributed by atoms with van der Waals surface area (Å²) in [4.78, 5) is 21.7. The predicted octanol–water partition coefficient (Wildman–Crippen LogP) is 1.96. The monoisotopic (exact) mass is 375 g/mol. The van der Waals surface area contributed by atoms with Gasteiger partial charge in [0.25, 0.3) is 0 Å². The fourth-order valence-electron chi connectivity index (χ4n) is 1.70. The zero-order chi connectivity index (χ0) is 16.7. The first-order valence-corrected chi connectivity index (χ1v) is 7.44. The van der Waals surface area contributed by atoms with Crippen molar-refractivity contribution in [3.63, 3.8) is 0 Å². The van der Waals surface area contributed by atoms with Gasteiger partial charge in [0.1, 0.15) is 12.4 Å². The molecule has 0 spiro atoms. The van der Waals surface area contributed by atoms with Gasteiger partial charge < -0.3 is 10.5 Å². The Labute approximate surface area is 141 Å². The maximum Gasteiger partial charge on any atom is 0.329 e. The van der Waals surface area contributed by atoms with E-state index in [0.29, 0.717) is 17.9 Å². The van der Waals surface area contributed by atoms with Gasteiger partial charge in [-0.3, -0.25) is 9.59 Å². The summed E-state index contributed by atoms with van der Waals surface area (Å²) in [6.07, 6.45) is 1.38. The van der Waals surface area contributed by atoms with Gasteiger partial charge in [-0.2, -0.15) is 5.10 Å². The van der Waals surface area contributed by atoms with Crippen molar-refractivity contribution in [2.24, 2.45) is 10.8 Å². The van der Waals surface area contributed by atoms with Crippen molar-refractivity contribution >= 4 is 34.0 Å². The molecule has 23 heavy (non-hydrogen) atoms. The number of carbonyl (C=O) groups excluding carboxylic acids is 2. The summed E-state index contributed by atoms with van der Waals surface area (Å²) in [5, 5.41) is 3.69. The summed E-state index contributed by atoms with van der Waals surface area (Å²) in [6, 6.07) is 15.1. The number of nitrogens with one attached hydrogen (secondary N) is 1. The smallest absolute Gasteiger partial charge is 0.329 e. The van der Waals surface area contributed by atoms with E-state index >= 15 is 0 Å². The summed E-state index contributed by atoms with van der Waals surface area (Å²) in [6.45, 7) is 0.400. The Morgan fingerprint density at radius 2 is 1.96 bits per heavy atom. The van der Waals surface area contributed by atoms with Crippen LogP contribution in [0.2, 0.25) is 0 Å². The topological polar surface area (TPSA) is 93.8 Å². The van der Waals surface area contributed by atoms with Gasteiger partial charge in [-0.25, -0.2) is 5.43 Å². The largest absolute Gasteiger partial charge is 0.488 e. The van der Waals surface area contributed by atoms with E-state index < -0.39 is 11.8 Å². The van der Waals surface area contributed by atoms with E-state index in [1.54, 1.807) is 12.1 Å². The van der Waals surface area contributed by atoms with E-state index in [2.05, 4.69) is 21.0 Å². The van der Waals surface area contributed by atoms with Gasteiger partial charge in [0.15, 0.2) is 0 Å². The highest BCUT2D eigenvalue weighted by molar-refractivity contribution is 9.10. The molecule has 0 atom stereocenters. The lowest BCUT2D eigenvalue weighted by molar-refractivity contribution is -0.137. The number of amides is 2. The third kappa shape index (κ3) is 5.23. The van der Waals surface area contributed by atoms with Crippen molar-refractivity contribution in [1.82, 2.24) is 5.43 Å². The van der Waals surface area contributed by atoms with Crippen LogP contribution >= 0.6 is 15.9 Å². The third-order valence-electron chi connectivity index (χ3n) is 2.80. The summed E-state index contributed by atoms with van der Waals surface area (Å²) < 4.78 is 6.59. The second-order valence-electron chi connectivity index (χ2n) is 4.52. The van der Waals surface area contributed by atoms with E-state index in [9.17, 15) is 9.59 Å². The van der Waals surface area contributed by atoms with E-state index in [0.717, 1.165) is 10.0 Å². The fourth-order valence-corrected chi connectivity index (χ4v) is 2.08. The normalized spacial score (nSPS) is 10.5. The lowest BCUT2D eigenvalue weighted by Crippen LogP contribution is -2.32. The summed E-state index contributed by atoms with van der Waals surface area (Å²) in [5.41, 5.74) is 8.53. The molecule has 0 aliphatic heterocycles. The van der Waals surface area contributed by atoms with Crippen molar-refractivity contribution < 1.29 is 14.3 Å². The molecule has 7 heteroatoms. The van der Waals surface area contributed by atoms with Crippen molar-refractivity contribution in [3.05, 3.63) is 64.1 Å². The molecule has 0 fully saturated rings. The zero-order valence-corrected chi connectivity index (χ0v) is 13.6. The molecule has 0 unspecified atom stereocenters. The van der Waals surface area contributed by atoms with E-state index in [-0.39, 0.29) is 0 Å². The second kappa shape index (κ2) is 8.09. The second-order valence-corrected chi connectivity index (χ2v) is 5.44. The van der Waals surface area contributed by atoms with E-state index in [4.69, 9.17) is 10.5 Å². The number of benzene rings is 2. The number of hydrogen-bond donors (Lipinski definition) is 2. The van der Waals surface area contributed by atoms with Crippen molar-refractivity contribution in [3.8, 4) is 5.75 Å². The van der Waals surface area contributed by atoms with Gasteiger partial charge in [0.2, 0.25) is 0 Å². The van der Waals surface area contributed by atoms with Gasteiger partial charge in [-0.05, 0) is 23.8 Å². The number of nitrogens with two attached hydrogens (primary N) is 1. The highest BCUT2D eigenvalue weighted by Crippen LogP contribution is 2.22. The average molecular weight is 376 g/mol. The number of carbonyl (C=O) groups is 2. The number of hydrogen-bond acceptors (Lipinski definition) is 4. The molecular formula is C16H14BrN3O3. The number of rotatable bonds is 5. The Balaban J connectivity index is 2.09. The third-order valence-corrected chi connectivity index (χ3v) is 3.30. The quantitative estimate of drug-likeness (QED) is 0.475. The fraction of sp³-hybridized carbons (Fsp3) is 0.0625. The van der Waals surface area contributed by atoms with Crippen LogP contribution in [-0.2, 0) is 16.2 Å². The predicted molar refractivity (Wildman–Crippen MR) is 89.8 cm³/mol. The lowest BCUT2D eigenvalue weighted by atomic mass is 10.2. The molecule has 0 aliphatic rings. The molecule has 0 bridgehead atoms. The van der Waals surface area contributed by atoms with Crippen LogP contribution in [0.25, 0.3) is 0 Å². The summed E-state index contributed by atoms with van der Waals surface area (Å²) >= 11 is 3.36. The van der Waals surface area contributed by atoms with Gasteiger partial charge in [0.05, 0.1) is 6.21 Å². The molecule has 0 aliphatic carbocycles. The van der Waals surface area contributed by atoms with Gasteiger partial charge in [-0.15, -0.1) is 0 Å². The molecule has 118 valence electrons. The number of halogens is 1. The molecule has 2 aromatic rings. The van der Waals surface area contributed by atoms with Crippen LogP contribution in [-0.4, -0.2) is 18.0 Å². The standard InChI is InChI=1S/C16H14BrN3O3/c17-13-6-7-14(23-10-11-4-2-1-3-5-11)12(8-13)9-19-20-16(22)15(18)21/h1-9H,10H2,(H2,18,21)(H,20,22)/b19-9-. The highest BCUT2D eigenvalue weighted by Gasteiger charge is 2.07. The number of ether oxygens (including phenoxy) is 1. The molecule has 0 heterocycles. The van der Waals surface area contributed by atoms with Crippen molar-refractivity contribution in [2.75, 3.05) is 0 Å². The summed E-state index contributed by atoms with van der Waals surface area (Å²) in [7, 11) is 0. The SMILES string of the molecule is NC(=O)C(=O)N/N=C\c1cc(Br)ccc1OCc1ccccc1. The first-order valence-electron chi connectivity index (χ1n) is 6.65. The number of primary amides is 1. The highest BCUT2D eigenvalue weighted by atomic mass is 79.9. The minimum atomic E-state index is -1.10. The Hall–Kier alpha value is -2.67. The molecule has 2 rings (SSSR count). The van der Waals surface area contributed by atoms with E-state index in [1.165, 1.54) is 6.21 Å². The molecule has 0 saturated carbocycles.